The van der Waals surface area contributed by atoms with E-state index in [2.05, 4.69) is 35.2 Å². The second kappa shape index (κ2) is 8.10. The number of aliphatic hydroxyl groups is 1. The van der Waals surface area contributed by atoms with E-state index in [4.69, 9.17) is 0 Å². The van der Waals surface area contributed by atoms with Gasteiger partial charge in [-0.15, -0.1) is 0 Å². The summed E-state index contributed by atoms with van der Waals surface area (Å²) in [7, 11) is 0. The van der Waals surface area contributed by atoms with Crippen molar-refractivity contribution in [2.75, 3.05) is 0 Å². The molecule has 0 bridgehead atoms. The van der Waals surface area contributed by atoms with E-state index in [0.29, 0.717) is 0 Å². The number of hydrogen-bond acceptors (Lipinski definition) is 3. The number of nitriles is 1. The molecule has 0 amide bonds. The summed E-state index contributed by atoms with van der Waals surface area (Å²) in [5.74, 6) is 0. The molecule has 3 nitrogen and oxygen atoms in total. The summed E-state index contributed by atoms with van der Waals surface area (Å²) in [6.07, 6.45) is -0.727. The minimum atomic E-state index is -0.787. The van der Waals surface area contributed by atoms with Gasteiger partial charge >= 0.3 is 0 Å². The van der Waals surface area contributed by atoms with Crippen LogP contribution in [-0.4, -0.2) is 22.2 Å². The largest absolute Gasteiger partial charge is 0.390 e. The standard InChI is InChI=1S/C21H26N2O/c1-17(20(24)21(2,3)16-22)23(14-18-10-6-4-7-11-18)15-19-12-8-5-9-13-19/h4-13,17,20,24H,14-15H2,1-3H3/t17-,20-/m1/s1. The molecule has 2 rings (SSSR count). The number of benzene rings is 2. The Labute approximate surface area is 145 Å². The van der Waals surface area contributed by atoms with E-state index in [1.165, 1.54) is 11.1 Å². The van der Waals surface area contributed by atoms with E-state index >= 15 is 0 Å². The van der Waals surface area contributed by atoms with Crippen molar-refractivity contribution >= 4 is 0 Å². The monoisotopic (exact) mass is 322 g/mol. The van der Waals surface area contributed by atoms with Crippen LogP contribution in [0.1, 0.15) is 31.9 Å². The highest BCUT2D eigenvalue weighted by atomic mass is 16.3. The molecule has 0 radical (unpaired) electrons. The zero-order valence-corrected chi connectivity index (χ0v) is 14.7. The summed E-state index contributed by atoms with van der Waals surface area (Å²) in [6, 6.07) is 22.5. The Kier molecular flexibility index (Phi) is 6.14. The van der Waals surface area contributed by atoms with Gasteiger partial charge in [-0.2, -0.15) is 5.26 Å². The molecule has 0 aliphatic heterocycles. The SMILES string of the molecule is C[C@H]([C@@H](O)C(C)(C)C#N)N(Cc1ccccc1)Cc1ccccc1. The highest BCUT2D eigenvalue weighted by molar-refractivity contribution is 5.17. The Bertz CT molecular complexity index is 620. The molecule has 0 heterocycles. The summed E-state index contributed by atoms with van der Waals surface area (Å²) >= 11 is 0. The van der Waals surface area contributed by atoms with E-state index in [9.17, 15) is 10.4 Å². The molecule has 0 aliphatic carbocycles. The zero-order valence-electron chi connectivity index (χ0n) is 14.7. The normalized spacial score (nSPS) is 14.2. The second-order valence-electron chi connectivity index (χ2n) is 6.90. The second-order valence-corrected chi connectivity index (χ2v) is 6.90. The maximum absolute atomic E-state index is 10.7. The van der Waals surface area contributed by atoms with Crippen molar-refractivity contribution in [3.8, 4) is 6.07 Å². The maximum atomic E-state index is 10.7. The first-order valence-corrected chi connectivity index (χ1v) is 8.35. The Morgan fingerprint density at radius 2 is 1.38 bits per heavy atom. The number of hydrogen-bond donors (Lipinski definition) is 1. The number of nitrogens with zero attached hydrogens (tertiary/aromatic N) is 2. The van der Waals surface area contributed by atoms with Gasteiger partial charge in [0, 0.05) is 19.1 Å². The van der Waals surface area contributed by atoms with Gasteiger partial charge in [0.15, 0.2) is 0 Å². The third-order valence-corrected chi connectivity index (χ3v) is 4.52. The van der Waals surface area contributed by atoms with Gasteiger partial charge < -0.3 is 5.11 Å². The van der Waals surface area contributed by atoms with Crippen LogP contribution in [0.4, 0.5) is 0 Å². The number of aliphatic hydroxyl groups excluding tert-OH is 1. The van der Waals surface area contributed by atoms with E-state index in [1.807, 2.05) is 43.3 Å². The number of rotatable bonds is 7. The molecular formula is C21H26N2O. The van der Waals surface area contributed by atoms with Gasteiger partial charge in [0.2, 0.25) is 0 Å². The fourth-order valence-corrected chi connectivity index (χ4v) is 2.85. The predicted molar refractivity (Wildman–Crippen MR) is 97.0 cm³/mol. The van der Waals surface area contributed by atoms with Crippen molar-refractivity contribution < 1.29 is 5.11 Å². The third-order valence-electron chi connectivity index (χ3n) is 4.52. The molecule has 0 spiro atoms. The zero-order chi connectivity index (χ0) is 17.6. The fourth-order valence-electron chi connectivity index (χ4n) is 2.85. The van der Waals surface area contributed by atoms with E-state index < -0.39 is 11.5 Å². The smallest absolute Gasteiger partial charge is 0.0873 e. The summed E-state index contributed by atoms with van der Waals surface area (Å²) in [4.78, 5) is 2.23. The lowest BCUT2D eigenvalue weighted by Crippen LogP contribution is -2.47. The van der Waals surface area contributed by atoms with Crippen LogP contribution in [0.5, 0.6) is 0 Å². The minimum absolute atomic E-state index is 0.139. The van der Waals surface area contributed by atoms with Crippen LogP contribution in [0.15, 0.2) is 60.7 Å². The first-order valence-electron chi connectivity index (χ1n) is 8.35. The van der Waals surface area contributed by atoms with Gasteiger partial charge in [0.05, 0.1) is 17.6 Å². The van der Waals surface area contributed by atoms with Gasteiger partial charge in [0.1, 0.15) is 0 Å². The van der Waals surface area contributed by atoms with Crippen molar-refractivity contribution in [2.45, 2.75) is 46.0 Å². The average Bonchev–Trinajstić information content (AvgIpc) is 2.61. The molecule has 1 N–H and O–H groups in total. The molecule has 2 aromatic carbocycles. The van der Waals surface area contributed by atoms with E-state index in [-0.39, 0.29) is 6.04 Å². The highest BCUT2D eigenvalue weighted by Crippen LogP contribution is 2.26. The van der Waals surface area contributed by atoms with E-state index in [1.54, 1.807) is 13.8 Å². The first kappa shape index (κ1) is 18.2. The predicted octanol–water partition coefficient (Wildman–Crippen LogP) is 3.99. The van der Waals surface area contributed by atoms with E-state index in [0.717, 1.165) is 13.1 Å². The molecule has 0 saturated heterocycles. The van der Waals surface area contributed by atoms with Gasteiger partial charge in [-0.25, -0.2) is 0 Å². The molecule has 24 heavy (non-hydrogen) atoms. The Morgan fingerprint density at radius 1 is 0.958 bits per heavy atom. The lowest BCUT2D eigenvalue weighted by molar-refractivity contribution is -0.00367. The van der Waals surface area contributed by atoms with Crippen LogP contribution in [-0.2, 0) is 13.1 Å². The van der Waals surface area contributed by atoms with Gasteiger partial charge in [-0.05, 0) is 31.9 Å². The van der Waals surface area contributed by atoms with Crippen molar-refractivity contribution in [3.05, 3.63) is 71.8 Å². The van der Waals surface area contributed by atoms with Crippen LogP contribution >= 0.6 is 0 Å². The average molecular weight is 322 g/mol. The molecular weight excluding hydrogens is 296 g/mol. The van der Waals surface area contributed by atoms with Crippen LogP contribution < -0.4 is 0 Å². The molecule has 0 fully saturated rings. The molecule has 126 valence electrons. The molecule has 2 atom stereocenters. The molecule has 2 aromatic rings. The highest BCUT2D eigenvalue weighted by Gasteiger charge is 2.35. The van der Waals surface area contributed by atoms with Gasteiger partial charge in [-0.3, -0.25) is 4.90 Å². The summed E-state index contributed by atoms with van der Waals surface area (Å²) < 4.78 is 0. The minimum Gasteiger partial charge on any atom is -0.390 e. The van der Waals surface area contributed by atoms with Crippen molar-refractivity contribution in [1.29, 1.82) is 5.26 Å². The van der Waals surface area contributed by atoms with Gasteiger partial charge in [-0.1, -0.05) is 60.7 Å². The summed E-state index contributed by atoms with van der Waals surface area (Å²) in [5, 5.41) is 20.1. The summed E-state index contributed by atoms with van der Waals surface area (Å²) in [5.41, 5.74) is 1.61. The third kappa shape index (κ3) is 4.67. The Morgan fingerprint density at radius 3 is 1.75 bits per heavy atom. The molecule has 0 aliphatic rings. The fraction of sp³-hybridized carbons (Fsp3) is 0.381. The van der Waals surface area contributed by atoms with Crippen LogP contribution in [0.3, 0.4) is 0 Å². The molecule has 0 aromatic heterocycles. The van der Waals surface area contributed by atoms with Crippen molar-refractivity contribution in [3.63, 3.8) is 0 Å². The lowest BCUT2D eigenvalue weighted by Gasteiger charge is -2.37. The first-order chi connectivity index (χ1) is 11.4. The van der Waals surface area contributed by atoms with Crippen molar-refractivity contribution in [1.82, 2.24) is 4.90 Å². The van der Waals surface area contributed by atoms with Crippen molar-refractivity contribution in [2.24, 2.45) is 5.41 Å². The topological polar surface area (TPSA) is 47.3 Å². The molecule has 3 heteroatoms. The summed E-state index contributed by atoms with van der Waals surface area (Å²) in [6.45, 7) is 7.04. The molecule has 0 unspecified atom stereocenters. The molecule has 0 saturated carbocycles. The Hall–Kier alpha value is -2.15. The Balaban J connectivity index is 2.23. The van der Waals surface area contributed by atoms with Crippen LogP contribution in [0, 0.1) is 16.7 Å². The van der Waals surface area contributed by atoms with Gasteiger partial charge in [0.25, 0.3) is 0 Å². The van der Waals surface area contributed by atoms with Crippen LogP contribution in [0.25, 0.3) is 0 Å². The quantitative estimate of drug-likeness (QED) is 0.838. The lowest BCUT2D eigenvalue weighted by atomic mass is 9.84. The maximum Gasteiger partial charge on any atom is 0.0873 e. The van der Waals surface area contributed by atoms with Crippen LogP contribution in [0.2, 0.25) is 0 Å².